The molecule has 0 unspecified atom stereocenters. The van der Waals surface area contributed by atoms with E-state index < -0.39 is 24.1 Å². The van der Waals surface area contributed by atoms with E-state index in [2.05, 4.69) is 10.5 Å². The normalized spacial score (nSPS) is 21.9. The summed E-state index contributed by atoms with van der Waals surface area (Å²) in [6.45, 7) is 0. The van der Waals surface area contributed by atoms with Crippen molar-refractivity contribution < 1.29 is 19.5 Å². The van der Waals surface area contributed by atoms with Crippen LogP contribution in [0.15, 0.2) is 35.5 Å². The molecule has 0 saturated carbocycles. The Balaban J connectivity index is 2.27. The summed E-state index contributed by atoms with van der Waals surface area (Å²) >= 11 is 0. The van der Waals surface area contributed by atoms with Crippen molar-refractivity contribution in [3.8, 4) is 0 Å². The van der Waals surface area contributed by atoms with E-state index in [0.717, 1.165) is 0 Å². The number of urea groups is 1. The van der Waals surface area contributed by atoms with Crippen molar-refractivity contribution >= 4 is 17.7 Å². The lowest BCUT2D eigenvalue weighted by molar-refractivity contribution is -0.142. The highest BCUT2D eigenvalue weighted by Crippen LogP contribution is 2.22. The van der Waals surface area contributed by atoms with Gasteiger partial charge in [-0.05, 0) is 0 Å². The van der Waals surface area contributed by atoms with Gasteiger partial charge in [0.2, 0.25) is 6.23 Å². The molecule has 0 saturated heterocycles. The Morgan fingerprint density at radius 2 is 2.00 bits per heavy atom. The van der Waals surface area contributed by atoms with Gasteiger partial charge in [-0.25, -0.2) is 4.79 Å². The van der Waals surface area contributed by atoms with Crippen LogP contribution in [-0.4, -0.2) is 29.0 Å². The summed E-state index contributed by atoms with van der Waals surface area (Å²) < 4.78 is 0. The van der Waals surface area contributed by atoms with Crippen LogP contribution in [0, 0.1) is 5.92 Å². The smallest absolute Gasteiger partial charge is 0.318 e. The van der Waals surface area contributed by atoms with Gasteiger partial charge in [0.25, 0.3) is 0 Å². The molecule has 0 bridgehead atoms. The van der Waals surface area contributed by atoms with Crippen LogP contribution in [0.4, 0.5) is 4.79 Å². The molecule has 1 aromatic carbocycles. The van der Waals surface area contributed by atoms with E-state index >= 15 is 0 Å². The van der Waals surface area contributed by atoms with Crippen LogP contribution in [0.5, 0.6) is 0 Å². The van der Waals surface area contributed by atoms with Crippen molar-refractivity contribution in [3.05, 3.63) is 35.9 Å². The second kappa shape index (κ2) is 4.74. The highest BCUT2D eigenvalue weighted by atomic mass is 16.7. The summed E-state index contributed by atoms with van der Waals surface area (Å²) in [4.78, 5) is 26.9. The van der Waals surface area contributed by atoms with Crippen molar-refractivity contribution in [2.45, 2.75) is 6.23 Å². The van der Waals surface area contributed by atoms with Gasteiger partial charge in [-0.3, -0.25) is 10.1 Å². The molecule has 1 heterocycles. The average Bonchev–Trinajstić information content (AvgIpc) is 2.73. The summed E-state index contributed by atoms with van der Waals surface area (Å²) in [5.41, 5.74) is 5.82. The van der Waals surface area contributed by atoms with Crippen LogP contribution in [-0.2, 0) is 9.63 Å². The van der Waals surface area contributed by atoms with Crippen LogP contribution >= 0.6 is 0 Å². The molecular weight excluding hydrogens is 238 g/mol. The summed E-state index contributed by atoms with van der Waals surface area (Å²) in [5.74, 6) is -2.23. The maximum atomic E-state index is 11.2. The molecule has 18 heavy (non-hydrogen) atoms. The number of nitrogens with zero attached hydrogens (tertiary/aromatic N) is 1. The monoisotopic (exact) mass is 249 g/mol. The molecule has 7 heteroatoms. The number of carbonyl (C=O) groups is 2. The molecule has 0 fully saturated rings. The van der Waals surface area contributed by atoms with Crippen LogP contribution in [0.3, 0.4) is 0 Å². The Labute approximate surface area is 102 Å². The number of nitrogens with two attached hydrogens (primary N) is 1. The lowest BCUT2D eigenvalue weighted by atomic mass is 9.96. The molecule has 1 aliphatic rings. The van der Waals surface area contributed by atoms with E-state index in [1.165, 1.54) is 0 Å². The zero-order valence-electron chi connectivity index (χ0n) is 9.24. The molecule has 2 atom stereocenters. The molecule has 0 aliphatic carbocycles. The molecule has 0 spiro atoms. The van der Waals surface area contributed by atoms with Gasteiger partial charge in [-0.1, -0.05) is 35.5 Å². The Hall–Kier alpha value is -2.57. The fraction of sp³-hybridized carbons (Fsp3) is 0.182. The van der Waals surface area contributed by atoms with E-state index in [1.807, 2.05) is 0 Å². The van der Waals surface area contributed by atoms with Crippen molar-refractivity contribution in [2.24, 2.45) is 16.8 Å². The number of benzene rings is 1. The second-order valence-corrected chi connectivity index (χ2v) is 3.69. The molecule has 1 aliphatic heterocycles. The summed E-state index contributed by atoms with van der Waals surface area (Å²) in [7, 11) is 0. The molecule has 94 valence electrons. The van der Waals surface area contributed by atoms with E-state index in [-0.39, 0.29) is 5.71 Å². The number of aliphatic carboxylic acids is 1. The predicted octanol–water partition coefficient (Wildman–Crippen LogP) is 0.116. The van der Waals surface area contributed by atoms with E-state index in [9.17, 15) is 14.7 Å². The highest BCUT2D eigenvalue weighted by molar-refractivity contribution is 6.12. The maximum Gasteiger partial charge on any atom is 0.318 e. The van der Waals surface area contributed by atoms with Gasteiger partial charge in [0, 0.05) is 5.56 Å². The Morgan fingerprint density at radius 1 is 1.33 bits per heavy atom. The highest BCUT2D eigenvalue weighted by Gasteiger charge is 2.41. The van der Waals surface area contributed by atoms with Crippen LogP contribution in [0.1, 0.15) is 5.56 Å². The molecule has 4 N–H and O–H groups in total. The second-order valence-electron chi connectivity index (χ2n) is 3.69. The number of oxime groups is 1. The standard InChI is InChI=1S/C11H11N3O4/c12-11(17)13-9-7(10(15)16)8(14-18-9)6-4-2-1-3-5-6/h1-5,7,9H,(H,15,16)(H3,12,13,17)/t7-,9+/m1/s1. The van der Waals surface area contributed by atoms with Gasteiger partial charge < -0.3 is 15.7 Å². The van der Waals surface area contributed by atoms with E-state index in [4.69, 9.17) is 10.6 Å². The molecule has 0 radical (unpaired) electrons. The minimum Gasteiger partial charge on any atom is -0.481 e. The van der Waals surface area contributed by atoms with Gasteiger partial charge in [0.15, 0.2) is 5.92 Å². The first kappa shape index (κ1) is 11.9. The number of nitrogens with one attached hydrogen (secondary N) is 1. The van der Waals surface area contributed by atoms with Crippen molar-refractivity contribution in [2.75, 3.05) is 0 Å². The summed E-state index contributed by atoms with van der Waals surface area (Å²) in [6.07, 6.45) is -1.09. The molecule has 2 amide bonds. The minimum atomic E-state index is -1.14. The predicted molar refractivity (Wildman–Crippen MR) is 61.7 cm³/mol. The zero-order chi connectivity index (χ0) is 13.1. The van der Waals surface area contributed by atoms with Crippen LogP contribution < -0.4 is 11.1 Å². The van der Waals surface area contributed by atoms with Gasteiger partial charge in [0.1, 0.15) is 5.71 Å². The largest absolute Gasteiger partial charge is 0.481 e. The summed E-state index contributed by atoms with van der Waals surface area (Å²) in [5, 5.41) is 15.1. The molecule has 2 rings (SSSR count). The molecular formula is C11H11N3O4. The number of carboxylic acids is 1. The first-order valence-electron chi connectivity index (χ1n) is 5.17. The molecule has 1 aromatic rings. The van der Waals surface area contributed by atoms with E-state index in [0.29, 0.717) is 5.56 Å². The quantitative estimate of drug-likeness (QED) is 0.705. The third kappa shape index (κ3) is 2.24. The third-order valence-corrected chi connectivity index (χ3v) is 2.48. The fourth-order valence-electron chi connectivity index (χ4n) is 1.71. The Kier molecular flexibility index (Phi) is 3.13. The lowest BCUT2D eigenvalue weighted by Crippen LogP contribution is -2.46. The lowest BCUT2D eigenvalue weighted by Gasteiger charge is -2.14. The molecule has 0 aromatic heterocycles. The van der Waals surface area contributed by atoms with E-state index in [1.54, 1.807) is 30.3 Å². The fourth-order valence-corrected chi connectivity index (χ4v) is 1.71. The number of hydrogen-bond acceptors (Lipinski definition) is 4. The SMILES string of the molecule is NC(=O)N[C@H]1ON=C(c2ccccc2)[C@H]1C(=O)O. The topological polar surface area (TPSA) is 114 Å². The third-order valence-electron chi connectivity index (χ3n) is 2.48. The Bertz CT molecular complexity index is 500. The minimum absolute atomic E-state index is 0.252. The number of carbonyl (C=O) groups excluding carboxylic acids is 1. The summed E-state index contributed by atoms with van der Waals surface area (Å²) in [6, 6.07) is 7.87. The number of amides is 2. The first-order valence-corrected chi connectivity index (χ1v) is 5.17. The zero-order valence-corrected chi connectivity index (χ0v) is 9.24. The van der Waals surface area contributed by atoms with Gasteiger partial charge in [0.05, 0.1) is 0 Å². The number of rotatable bonds is 3. The molecule has 7 nitrogen and oxygen atoms in total. The Morgan fingerprint density at radius 3 is 2.56 bits per heavy atom. The number of hydrogen-bond donors (Lipinski definition) is 3. The van der Waals surface area contributed by atoms with Crippen molar-refractivity contribution in [1.29, 1.82) is 0 Å². The number of primary amides is 1. The van der Waals surface area contributed by atoms with Gasteiger partial charge >= 0.3 is 12.0 Å². The van der Waals surface area contributed by atoms with Crippen LogP contribution in [0.2, 0.25) is 0 Å². The van der Waals surface area contributed by atoms with Crippen LogP contribution in [0.25, 0.3) is 0 Å². The van der Waals surface area contributed by atoms with Gasteiger partial charge in [-0.15, -0.1) is 0 Å². The number of carboxylic acid groups (broad SMARTS) is 1. The van der Waals surface area contributed by atoms with Crippen molar-refractivity contribution in [1.82, 2.24) is 5.32 Å². The maximum absolute atomic E-state index is 11.2. The first-order chi connectivity index (χ1) is 8.59. The van der Waals surface area contributed by atoms with Gasteiger partial charge in [-0.2, -0.15) is 0 Å². The average molecular weight is 249 g/mol. The van der Waals surface area contributed by atoms with Crippen molar-refractivity contribution in [3.63, 3.8) is 0 Å².